The number of nitrogens with one attached hydrogen (secondary N) is 1. The van der Waals surface area contributed by atoms with E-state index < -0.39 is 12.0 Å². The van der Waals surface area contributed by atoms with Crippen LogP contribution in [0.1, 0.15) is 24.4 Å². The Labute approximate surface area is 135 Å². The number of halogens is 3. The lowest BCUT2D eigenvalue weighted by Crippen LogP contribution is -2.37. The molecule has 0 radical (unpaired) electrons. The van der Waals surface area contributed by atoms with E-state index in [0.29, 0.717) is 31.0 Å². The summed E-state index contributed by atoms with van der Waals surface area (Å²) in [6.07, 6.45) is -3.37. The molecule has 10 heteroatoms. The van der Waals surface area contributed by atoms with Gasteiger partial charge in [0.05, 0.1) is 0 Å². The SMILES string of the molecule is Cc1cc(NC[C@H]2CCN(C)C(=O)C2)n2nc(C(F)(F)F)nc2n1. The van der Waals surface area contributed by atoms with Crippen LogP contribution in [0.4, 0.5) is 19.0 Å². The zero-order valence-electron chi connectivity index (χ0n) is 13.3. The van der Waals surface area contributed by atoms with E-state index in [1.165, 1.54) is 0 Å². The maximum atomic E-state index is 12.8. The zero-order valence-corrected chi connectivity index (χ0v) is 13.3. The maximum absolute atomic E-state index is 12.8. The van der Waals surface area contributed by atoms with Crippen molar-refractivity contribution in [2.45, 2.75) is 25.9 Å². The standard InChI is InChI=1S/C14H17F3N6O/c1-8-5-10(18-7-9-3-4-22(2)11(24)6-9)23-13(19-8)20-12(21-23)14(15,16)17/h5,9,18H,3-4,6-7H2,1-2H3/t9-/m0/s1. The summed E-state index contributed by atoms with van der Waals surface area (Å²) in [5.41, 5.74) is 0.533. The van der Waals surface area contributed by atoms with Crippen LogP contribution in [0.15, 0.2) is 6.07 Å². The summed E-state index contributed by atoms with van der Waals surface area (Å²) < 4.78 is 39.4. The highest BCUT2D eigenvalue weighted by Crippen LogP contribution is 2.27. The molecule has 0 bridgehead atoms. The van der Waals surface area contributed by atoms with Gasteiger partial charge in [0.25, 0.3) is 11.6 Å². The molecule has 1 aliphatic heterocycles. The smallest absolute Gasteiger partial charge is 0.370 e. The molecule has 1 atom stereocenters. The second-order valence-corrected chi connectivity index (χ2v) is 5.98. The molecule has 1 fully saturated rings. The molecule has 1 N–H and O–H groups in total. The second-order valence-electron chi connectivity index (χ2n) is 5.98. The third kappa shape index (κ3) is 3.26. The summed E-state index contributed by atoms with van der Waals surface area (Å²) in [7, 11) is 1.76. The van der Waals surface area contributed by atoms with Crippen molar-refractivity contribution in [2.75, 3.05) is 25.5 Å². The highest BCUT2D eigenvalue weighted by atomic mass is 19.4. The lowest BCUT2D eigenvalue weighted by molar-refractivity contribution is -0.144. The van der Waals surface area contributed by atoms with Crippen molar-refractivity contribution in [3.63, 3.8) is 0 Å². The van der Waals surface area contributed by atoms with Gasteiger partial charge in [-0.3, -0.25) is 4.79 Å². The molecule has 0 aromatic carbocycles. The highest BCUT2D eigenvalue weighted by molar-refractivity contribution is 5.76. The van der Waals surface area contributed by atoms with Crippen LogP contribution in [0.5, 0.6) is 0 Å². The lowest BCUT2D eigenvalue weighted by atomic mass is 9.96. The topological polar surface area (TPSA) is 75.4 Å². The average Bonchev–Trinajstić information content (AvgIpc) is 2.92. The fourth-order valence-corrected chi connectivity index (χ4v) is 2.66. The van der Waals surface area contributed by atoms with E-state index in [0.717, 1.165) is 10.9 Å². The van der Waals surface area contributed by atoms with Gasteiger partial charge in [-0.15, -0.1) is 5.10 Å². The number of rotatable bonds is 3. The number of piperidine rings is 1. The molecule has 1 amide bonds. The Kier molecular flexibility index (Phi) is 4.06. The number of carbonyl (C=O) groups excluding carboxylic acids is 1. The van der Waals surface area contributed by atoms with Crippen LogP contribution in [-0.4, -0.2) is 50.5 Å². The van der Waals surface area contributed by atoms with Crippen molar-refractivity contribution >= 4 is 17.5 Å². The molecular weight excluding hydrogens is 325 g/mol. The van der Waals surface area contributed by atoms with E-state index in [4.69, 9.17) is 0 Å². The number of hydrogen-bond donors (Lipinski definition) is 1. The molecule has 3 heterocycles. The number of carbonyl (C=O) groups is 1. The molecule has 1 aliphatic rings. The first kappa shape index (κ1) is 16.5. The number of amides is 1. The normalized spacial score (nSPS) is 19.1. The van der Waals surface area contributed by atoms with Crippen LogP contribution in [0.3, 0.4) is 0 Å². The Morgan fingerprint density at radius 1 is 1.38 bits per heavy atom. The van der Waals surface area contributed by atoms with E-state index >= 15 is 0 Å². The van der Waals surface area contributed by atoms with Crippen molar-refractivity contribution < 1.29 is 18.0 Å². The average molecular weight is 342 g/mol. The van der Waals surface area contributed by atoms with Gasteiger partial charge in [-0.2, -0.15) is 22.7 Å². The Bertz CT molecular complexity index is 772. The number of fused-ring (bicyclic) bond motifs is 1. The van der Waals surface area contributed by atoms with Crippen molar-refractivity contribution in [3.8, 4) is 0 Å². The first-order valence-electron chi connectivity index (χ1n) is 7.53. The molecule has 2 aromatic heterocycles. The minimum Gasteiger partial charge on any atom is -0.370 e. The molecule has 0 spiro atoms. The zero-order chi connectivity index (χ0) is 17.5. The first-order valence-corrected chi connectivity index (χ1v) is 7.53. The number of hydrogen-bond acceptors (Lipinski definition) is 5. The predicted octanol–water partition coefficient (Wildman–Crippen LogP) is 1.73. The molecule has 1 saturated heterocycles. The van der Waals surface area contributed by atoms with Crippen molar-refractivity contribution in [3.05, 3.63) is 17.6 Å². The number of aryl methyl sites for hydroxylation is 1. The van der Waals surface area contributed by atoms with Gasteiger partial charge in [0.15, 0.2) is 0 Å². The number of likely N-dealkylation sites (tertiary alicyclic amines) is 1. The summed E-state index contributed by atoms with van der Waals surface area (Å²) in [6.45, 7) is 2.82. The maximum Gasteiger partial charge on any atom is 0.453 e. The van der Waals surface area contributed by atoms with Crippen molar-refractivity contribution in [1.82, 2.24) is 24.5 Å². The summed E-state index contributed by atoms with van der Waals surface area (Å²) >= 11 is 0. The van der Waals surface area contributed by atoms with Crippen LogP contribution in [0.2, 0.25) is 0 Å². The fourth-order valence-electron chi connectivity index (χ4n) is 2.66. The molecule has 24 heavy (non-hydrogen) atoms. The summed E-state index contributed by atoms with van der Waals surface area (Å²) in [6, 6.07) is 1.61. The van der Waals surface area contributed by atoms with E-state index in [1.54, 1.807) is 24.9 Å². The largest absolute Gasteiger partial charge is 0.453 e. The summed E-state index contributed by atoms with van der Waals surface area (Å²) in [5, 5.41) is 6.58. The van der Waals surface area contributed by atoms with Crippen LogP contribution in [0, 0.1) is 12.8 Å². The number of anilines is 1. The number of nitrogens with zero attached hydrogens (tertiary/aromatic N) is 5. The molecule has 0 aliphatic carbocycles. The van der Waals surface area contributed by atoms with Gasteiger partial charge in [0, 0.05) is 38.3 Å². The van der Waals surface area contributed by atoms with Gasteiger partial charge in [-0.1, -0.05) is 0 Å². The molecule has 0 saturated carbocycles. The van der Waals surface area contributed by atoms with E-state index in [1.807, 2.05) is 0 Å². The fraction of sp³-hybridized carbons (Fsp3) is 0.571. The number of aromatic nitrogens is 4. The third-order valence-electron chi connectivity index (χ3n) is 4.03. The lowest BCUT2D eigenvalue weighted by Gasteiger charge is -2.29. The Morgan fingerprint density at radius 2 is 2.12 bits per heavy atom. The molecule has 7 nitrogen and oxygen atoms in total. The summed E-state index contributed by atoms with van der Waals surface area (Å²) in [4.78, 5) is 20.8. The quantitative estimate of drug-likeness (QED) is 0.919. The molecule has 3 rings (SSSR count). The molecule has 130 valence electrons. The molecule has 2 aromatic rings. The Balaban J connectivity index is 1.81. The monoisotopic (exact) mass is 342 g/mol. The van der Waals surface area contributed by atoms with Crippen LogP contribution in [0.25, 0.3) is 5.78 Å². The van der Waals surface area contributed by atoms with Gasteiger partial charge in [0.1, 0.15) is 5.82 Å². The minimum absolute atomic E-state index is 0.0734. The highest BCUT2D eigenvalue weighted by Gasteiger charge is 2.37. The van der Waals surface area contributed by atoms with Gasteiger partial charge in [-0.25, -0.2) is 4.98 Å². The molecule has 0 unspecified atom stereocenters. The van der Waals surface area contributed by atoms with Crippen molar-refractivity contribution in [1.29, 1.82) is 0 Å². The number of alkyl halides is 3. The van der Waals surface area contributed by atoms with E-state index in [-0.39, 0.29) is 17.6 Å². The first-order chi connectivity index (χ1) is 11.2. The van der Waals surface area contributed by atoms with Crippen LogP contribution >= 0.6 is 0 Å². The minimum atomic E-state index is -4.63. The molecular formula is C14H17F3N6O. The van der Waals surface area contributed by atoms with Gasteiger partial charge >= 0.3 is 6.18 Å². The Morgan fingerprint density at radius 3 is 2.79 bits per heavy atom. The van der Waals surface area contributed by atoms with Crippen molar-refractivity contribution in [2.24, 2.45) is 5.92 Å². The van der Waals surface area contributed by atoms with Crippen LogP contribution in [-0.2, 0) is 11.0 Å². The second kappa shape index (κ2) is 5.91. The van der Waals surface area contributed by atoms with Gasteiger partial charge in [-0.05, 0) is 19.3 Å². The predicted molar refractivity (Wildman–Crippen MR) is 79.4 cm³/mol. The van der Waals surface area contributed by atoms with E-state index in [9.17, 15) is 18.0 Å². The summed E-state index contributed by atoms with van der Waals surface area (Å²) in [5.74, 6) is -0.749. The van der Waals surface area contributed by atoms with E-state index in [2.05, 4.69) is 20.4 Å². The van der Waals surface area contributed by atoms with Gasteiger partial charge in [0.2, 0.25) is 5.91 Å². The third-order valence-corrected chi connectivity index (χ3v) is 4.03. The Hall–Kier alpha value is -2.39. The van der Waals surface area contributed by atoms with Crippen LogP contribution < -0.4 is 5.32 Å². The van der Waals surface area contributed by atoms with Gasteiger partial charge < -0.3 is 10.2 Å².